The monoisotopic (exact) mass is 1020 g/mol. The molecule has 9 heteroatoms. The van der Waals surface area contributed by atoms with Gasteiger partial charge < -0.3 is 0 Å². The SMILES string of the molecule is C=CCN1C(=O)c2sc(=C(/S)c3cc4c5c(S)c(c(-c6ccc(CCCCCCCC)s6)c4s3)/C=C/C(C)CCCCCCCCc3ccc-5s3)/c(=C/C(C)(CCCC)c3ccccc3)c2C1=O. The number of fused-ring (bicyclic) bond motifs is 8. The number of carbonyl (C=O) groups is 2. The second kappa shape index (κ2) is 23.6. The van der Waals surface area contributed by atoms with E-state index in [2.05, 4.69) is 113 Å². The molecule has 0 fully saturated rings. The van der Waals surface area contributed by atoms with Crippen molar-refractivity contribution in [3.05, 3.63) is 125 Å². The van der Waals surface area contributed by atoms with Gasteiger partial charge in [-0.05, 0) is 85.9 Å². The first-order valence-corrected chi connectivity index (χ1v) is 29.5. The van der Waals surface area contributed by atoms with Gasteiger partial charge >= 0.3 is 0 Å². The Morgan fingerprint density at radius 3 is 2.31 bits per heavy atom. The number of nitrogens with zero attached hydrogens (tertiary/aromatic N) is 1. The summed E-state index contributed by atoms with van der Waals surface area (Å²) in [4.78, 5) is 38.5. The highest BCUT2D eigenvalue weighted by Crippen LogP contribution is 2.51. The lowest BCUT2D eigenvalue weighted by molar-refractivity contribution is 0.0672. The van der Waals surface area contributed by atoms with Gasteiger partial charge in [-0.3, -0.25) is 14.5 Å². The number of benzene rings is 2. The van der Waals surface area contributed by atoms with Gasteiger partial charge in [0.05, 0.1) is 10.1 Å². The highest BCUT2D eigenvalue weighted by Gasteiger charge is 2.39. The van der Waals surface area contributed by atoms with E-state index in [1.54, 1.807) is 17.4 Å². The van der Waals surface area contributed by atoms with E-state index in [1.807, 2.05) is 22.7 Å². The van der Waals surface area contributed by atoms with Crippen LogP contribution in [-0.4, -0.2) is 23.3 Å². The smallest absolute Gasteiger partial charge is 0.270 e. The minimum atomic E-state index is -0.397. The molecule has 2 atom stereocenters. The second-order valence-electron chi connectivity index (χ2n) is 19.4. The Hall–Kier alpha value is -3.44. The summed E-state index contributed by atoms with van der Waals surface area (Å²) in [5, 5.41) is 1.98. The van der Waals surface area contributed by atoms with E-state index in [4.69, 9.17) is 25.3 Å². The standard InChI is InChI=1S/C59H69NO2S6/c1-6-9-11-12-16-22-28-42-31-34-47(66-42)50-43-32-29-39(4)24-19-15-13-14-17-23-27-41-30-33-46(65-41)49(52(43)63)44-37-48(67-54(44)50)53(64)55-45(51-56(68-55)58(62)60(36-8-3)57(51)61)38-59(5,35-10-7-2)40-25-20-18-21-26-40/h8,18,20-21,25-26,29-34,37-39,63-64H,3,6-7,9-17,19,22-24,27-28,35-36H2,1-2,4-5H3/b32-29+,45-38+,55-53+. The van der Waals surface area contributed by atoms with Crippen LogP contribution in [-0.2, 0) is 18.3 Å². The van der Waals surface area contributed by atoms with Crippen molar-refractivity contribution < 1.29 is 9.59 Å². The first-order chi connectivity index (χ1) is 33.1. The van der Waals surface area contributed by atoms with Gasteiger partial charge in [-0.15, -0.1) is 77.2 Å². The number of rotatable bonds is 16. The molecule has 4 bridgehead atoms. The van der Waals surface area contributed by atoms with Crippen molar-refractivity contribution in [1.29, 1.82) is 0 Å². The number of imide groups is 1. The number of hydrogen-bond donors (Lipinski definition) is 2. The average Bonchev–Trinajstić information content (AvgIpc) is 4.20. The summed E-state index contributed by atoms with van der Waals surface area (Å²) in [6.45, 7) is 13.2. The van der Waals surface area contributed by atoms with Gasteiger partial charge in [0.15, 0.2) is 0 Å². The molecule has 0 N–H and O–H groups in total. The van der Waals surface area contributed by atoms with Gasteiger partial charge in [-0.25, -0.2) is 0 Å². The minimum absolute atomic E-state index is 0.175. The van der Waals surface area contributed by atoms with Crippen molar-refractivity contribution in [1.82, 2.24) is 4.90 Å². The van der Waals surface area contributed by atoms with Crippen molar-refractivity contribution in [2.75, 3.05) is 6.54 Å². The van der Waals surface area contributed by atoms with Gasteiger partial charge in [0.2, 0.25) is 0 Å². The van der Waals surface area contributed by atoms with E-state index in [1.165, 1.54) is 152 Å². The molecule has 4 aromatic heterocycles. The number of thiophene rings is 4. The van der Waals surface area contributed by atoms with E-state index in [0.29, 0.717) is 16.4 Å². The van der Waals surface area contributed by atoms with E-state index in [-0.39, 0.29) is 18.4 Å². The lowest BCUT2D eigenvalue weighted by Crippen LogP contribution is -2.36. The Labute approximate surface area is 433 Å². The van der Waals surface area contributed by atoms with Crippen LogP contribution in [0.3, 0.4) is 0 Å². The maximum Gasteiger partial charge on any atom is 0.271 e. The fourth-order valence-corrected chi connectivity index (χ4v) is 15.8. The van der Waals surface area contributed by atoms with Crippen molar-refractivity contribution in [3.8, 4) is 20.9 Å². The number of allylic oxidation sites excluding steroid dienone is 1. The van der Waals surface area contributed by atoms with Crippen LogP contribution >= 0.6 is 70.6 Å². The molecule has 2 amide bonds. The summed E-state index contributed by atoms with van der Waals surface area (Å²) in [5.74, 6) is -0.0677. The minimum Gasteiger partial charge on any atom is -0.270 e. The Balaban J connectivity index is 1.38. The Bertz CT molecular complexity index is 2890. The quantitative estimate of drug-likeness (QED) is 0.0439. The second-order valence-corrected chi connectivity index (χ2v) is 24.7. The Morgan fingerprint density at radius 1 is 0.809 bits per heavy atom. The molecule has 3 nitrogen and oxygen atoms in total. The lowest BCUT2D eigenvalue weighted by Gasteiger charge is -2.27. The number of unbranched alkanes of at least 4 members (excludes halogenated alkanes) is 6. The first-order valence-electron chi connectivity index (χ1n) is 25.4. The van der Waals surface area contributed by atoms with Crippen LogP contribution in [0.1, 0.15) is 176 Å². The summed E-state index contributed by atoms with van der Waals surface area (Å²) in [5.41, 5.74) is 4.88. The van der Waals surface area contributed by atoms with Gasteiger partial charge in [0.25, 0.3) is 11.8 Å². The normalized spacial score (nSPS) is 17.9. The zero-order valence-electron chi connectivity index (χ0n) is 40.6. The molecule has 68 heavy (non-hydrogen) atoms. The zero-order chi connectivity index (χ0) is 47.8. The Morgan fingerprint density at radius 2 is 1.53 bits per heavy atom. The topological polar surface area (TPSA) is 37.4 Å². The number of carbonyl (C=O) groups excluding carboxylic acids is 2. The average molecular weight is 1020 g/mol. The zero-order valence-corrected chi connectivity index (χ0v) is 45.6. The third-order valence-electron chi connectivity index (χ3n) is 14.1. The summed E-state index contributed by atoms with van der Waals surface area (Å²) in [6, 6.07) is 22.3. The molecule has 2 aliphatic heterocycles. The highest BCUT2D eigenvalue weighted by molar-refractivity contribution is 7.91. The number of thiol groups is 2. The van der Waals surface area contributed by atoms with Crippen molar-refractivity contribution in [2.45, 2.75) is 154 Å². The number of hydrogen-bond acceptors (Lipinski definition) is 8. The highest BCUT2D eigenvalue weighted by atomic mass is 32.1. The van der Waals surface area contributed by atoms with Crippen LogP contribution < -0.4 is 9.75 Å². The molecule has 2 aliphatic rings. The van der Waals surface area contributed by atoms with E-state index in [0.717, 1.165) is 56.5 Å². The molecule has 0 radical (unpaired) electrons. The molecule has 8 rings (SSSR count). The summed E-state index contributed by atoms with van der Waals surface area (Å²) in [6.07, 6.45) is 30.5. The van der Waals surface area contributed by atoms with Crippen LogP contribution in [0.2, 0.25) is 0 Å². The number of aryl methyl sites for hydroxylation is 2. The van der Waals surface area contributed by atoms with Crippen LogP contribution in [0, 0.1) is 5.92 Å². The van der Waals surface area contributed by atoms with Crippen LogP contribution in [0.4, 0.5) is 0 Å². The maximum absolute atomic E-state index is 14.4. The summed E-state index contributed by atoms with van der Waals surface area (Å²) < 4.78 is 2.09. The fourth-order valence-electron chi connectivity index (χ4n) is 10.1. The van der Waals surface area contributed by atoms with Crippen LogP contribution in [0.25, 0.3) is 48.0 Å². The molecule has 0 saturated carbocycles. The summed E-state index contributed by atoms with van der Waals surface area (Å²) in [7, 11) is 0. The van der Waals surface area contributed by atoms with E-state index >= 15 is 0 Å². The van der Waals surface area contributed by atoms with Gasteiger partial charge in [0.1, 0.15) is 4.88 Å². The van der Waals surface area contributed by atoms with Gasteiger partial charge in [0, 0.05) is 72.6 Å². The largest absolute Gasteiger partial charge is 0.271 e. The van der Waals surface area contributed by atoms with Crippen LogP contribution in [0.5, 0.6) is 0 Å². The molecular formula is C59H69NO2S6. The Kier molecular flexibility index (Phi) is 17.7. The molecule has 2 aromatic carbocycles. The van der Waals surface area contributed by atoms with E-state index in [9.17, 15) is 9.59 Å². The summed E-state index contributed by atoms with van der Waals surface area (Å²) >= 11 is 18.1. The molecule has 6 heterocycles. The molecule has 2 unspecified atom stereocenters. The fraction of sp³-hybridized carbons (Fsp3) is 0.424. The predicted molar refractivity (Wildman–Crippen MR) is 305 cm³/mol. The van der Waals surface area contributed by atoms with Crippen molar-refractivity contribution >= 4 is 110 Å². The predicted octanol–water partition coefficient (Wildman–Crippen LogP) is 17.3. The van der Waals surface area contributed by atoms with Crippen molar-refractivity contribution in [3.63, 3.8) is 0 Å². The number of amides is 2. The third-order valence-corrected chi connectivity index (χ3v) is 20.0. The first kappa shape index (κ1) is 50.9. The van der Waals surface area contributed by atoms with E-state index < -0.39 is 5.41 Å². The lowest BCUT2D eigenvalue weighted by atomic mass is 9.77. The molecular weight excluding hydrogens is 947 g/mol. The molecule has 0 aliphatic carbocycles. The molecule has 6 aromatic rings. The maximum atomic E-state index is 14.4. The molecule has 358 valence electrons. The van der Waals surface area contributed by atoms with Gasteiger partial charge in [-0.1, -0.05) is 159 Å². The van der Waals surface area contributed by atoms with Crippen molar-refractivity contribution in [2.24, 2.45) is 5.92 Å². The van der Waals surface area contributed by atoms with Crippen LogP contribution in [0.15, 0.2) is 84.3 Å². The molecule has 0 spiro atoms. The molecule has 0 saturated heterocycles. The third kappa shape index (κ3) is 11.2. The van der Waals surface area contributed by atoms with Gasteiger partial charge in [-0.2, -0.15) is 0 Å².